The Hall–Kier alpha value is -2.15. The highest BCUT2D eigenvalue weighted by atomic mass is 16.6. The third-order valence-electron chi connectivity index (χ3n) is 2.81. The zero-order valence-electron chi connectivity index (χ0n) is 10.9. The number of ether oxygens (including phenoxy) is 1. The molecule has 7 heteroatoms. The predicted molar refractivity (Wildman–Crippen MR) is 71.1 cm³/mol. The van der Waals surface area contributed by atoms with E-state index >= 15 is 0 Å². The molecule has 0 aromatic heterocycles. The quantitative estimate of drug-likeness (QED) is 0.600. The highest BCUT2D eigenvalue weighted by Gasteiger charge is 2.20. The number of benzene rings is 1. The first kappa shape index (κ1) is 14.9. The van der Waals surface area contributed by atoms with Crippen molar-refractivity contribution in [2.45, 2.75) is 13.3 Å². The Morgan fingerprint density at radius 1 is 1.58 bits per heavy atom. The second kappa shape index (κ2) is 6.69. The highest BCUT2D eigenvalue weighted by Crippen LogP contribution is 2.29. The third kappa shape index (κ3) is 3.65. The van der Waals surface area contributed by atoms with Gasteiger partial charge in [0.25, 0.3) is 5.69 Å². The van der Waals surface area contributed by atoms with E-state index in [9.17, 15) is 14.9 Å². The number of carbonyl (C=O) groups is 1. The maximum atomic E-state index is 11.9. The molecule has 0 radical (unpaired) electrons. The van der Waals surface area contributed by atoms with Crippen LogP contribution in [0.2, 0.25) is 0 Å². The Balaban J connectivity index is 3.00. The molecule has 0 fully saturated rings. The van der Waals surface area contributed by atoms with Crippen molar-refractivity contribution < 1.29 is 14.5 Å². The summed E-state index contributed by atoms with van der Waals surface area (Å²) in [5, 5.41) is 13.5. The first-order valence-electron chi connectivity index (χ1n) is 5.86. The molecule has 1 aromatic carbocycles. The molecular formula is C12H17N3O4. The molecule has 0 aliphatic carbocycles. The van der Waals surface area contributed by atoms with Crippen molar-refractivity contribution in [2.24, 2.45) is 11.7 Å². The summed E-state index contributed by atoms with van der Waals surface area (Å²) in [7, 11) is 1.42. The van der Waals surface area contributed by atoms with Crippen molar-refractivity contribution >= 4 is 17.3 Å². The lowest BCUT2D eigenvalue weighted by Crippen LogP contribution is -2.28. The number of carbonyl (C=O) groups excluding carboxylic acids is 1. The standard InChI is InChI=1S/C12H17N3O4/c1-3-8(7-13)12(16)14-10-5-4-9(19-2)6-11(10)15(17)18/h4-6,8H,3,7,13H2,1-2H3,(H,14,16). The van der Waals surface area contributed by atoms with Crippen LogP contribution >= 0.6 is 0 Å². The summed E-state index contributed by atoms with van der Waals surface area (Å²) in [5.74, 6) is -0.324. The second-order valence-corrected chi connectivity index (χ2v) is 3.97. The molecular weight excluding hydrogens is 250 g/mol. The third-order valence-corrected chi connectivity index (χ3v) is 2.81. The number of anilines is 1. The molecule has 1 atom stereocenters. The van der Waals surface area contributed by atoms with E-state index in [1.807, 2.05) is 6.92 Å². The molecule has 0 saturated heterocycles. The molecule has 1 rings (SSSR count). The number of rotatable bonds is 6. The number of hydrogen-bond donors (Lipinski definition) is 2. The smallest absolute Gasteiger partial charge is 0.296 e. The van der Waals surface area contributed by atoms with Gasteiger partial charge in [0.1, 0.15) is 11.4 Å². The summed E-state index contributed by atoms with van der Waals surface area (Å²) in [6, 6.07) is 4.25. The molecule has 0 heterocycles. The van der Waals surface area contributed by atoms with Crippen LogP contribution in [0.5, 0.6) is 5.75 Å². The summed E-state index contributed by atoms with van der Waals surface area (Å²) in [4.78, 5) is 22.2. The number of amides is 1. The SMILES string of the molecule is CCC(CN)C(=O)Nc1ccc(OC)cc1[N+](=O)[O-]. The summed E-state index contributed by atoms with van der Waals surface area (Å²) in [6.45, 7) is 2.03. The Bertz CT molecular complexity index is 472. The van der Waals surface area contributed by atoms with E-state index in [2.05, 4.69) is 5.32 Å². The first-order chi connectivity index (χ1) is 9.03. The fraction of sp³-hybridized carbons (Fsp3) is 0.417. The lowest BCUT2D eigenvalue weighted by Gasteiger charge is -2.13. The van der Waals surface area contributed by atoms with Gasteiger partial charge >= 0.3 is 0 Å². The van der Waals surface area contributed by atoms with Crippen molar-refractivity contribution in [1.82, 2.24) is 0 Å². The summed E-state index contributed by atoms with van der Waals surface area (Å²) in [5.41, 5.74) is 5.40. The van der Waals surface area contributed by atoms with E-state index in [0.717, 1.165) is 0 Å². The minimum absolute atomic E-state index is 0.141. The predicted octanol–water partition coefficient (Wildman–Crippen LogP) is 1.53. The van der Waals surface area contributed by atoms with E-state index in [4.69, 9.17) is 10.5 Å². The van der Waals surface area contributed by atoms with Crippen molar-refractivity contribution in [3.05, 3.63) is 28.3 Å². The van der Waals surface area contributed by atoms with Gasteiger partial charge in [-0.1, -0.05) is 6.92 Å². The Kier molecular flexibility index (Phi) is 5.25. The monoisotopic (exact) mass is 267 g/mol. The number of methoxy groups -OCH3 is 1. The molecule has 0 saturated carbocycles. The number of nitro benzene ring substituents is 1. The van der Waals surface area contributed by atoms with Crippen LogP contribution in [0.25, 0.3) is 0 Å². The molecule has 0 aliphatic heterocycles. The molecule has 3 N–H and O–H groups in total. The van der Waals surface area contributed by atoms with Crippen molar-refractivity contribution in [3.63, 3.8) is 0 Å². The summed E-state index contributed by atoms with van der Waals surface area (Å²) in [6.07, 6.45) is 0.576. The van der Waals surface area contributed by atoms with E-state index in [-0.39, 0.29) is 29.7 Å². The fourth-order valence-electron chi connectivity index (χ4n) is 1.59. The molecule has 0 bridgehead atoms. The van der Waals surface area contributed by atoms with Gasteiger partial charge < -0.3 is 15.8 Å². The number of nitro groups is 1. The molecule has 1 unspecified atom stereocenters. The zero-order chi connectivity index (χ0) is 14.4. The molecule has 0 aliphatic rings. The largest absolute Gasteiger partial charge is 0.496 e. The number of nitrogens with zero attached hydrogens (tertiary/aromatic N) is 1. The van der Waals surface area contributed by atoms with Gasteiger partial charge in [-0.25, -0.2) is 0 Å². The number of hydrogen-bond acceptors (Lipinski definition) is 5. The van der Waals surface area contributed by atoms with Crippen LogP contribution in [-0.2, 0) is 4.79 Å². The van der Waals surface area contributed by atoms with Gasteiger partial charge in [-0.2, -0.15) is 0 Å². The van der Waals surface area contributed by atoms with Crippen molar-refractivity contribution in [3.8, 4) is 5.75 Å². The summed E-state index contributed by atoms with van der Waals surface area (Å²) >= 11 is 0. The summed E-state index contributed by atoms with van der Waals surface area (Å²) < 4.78 is 4.92. The topological polar surface area (TPSA) is 107 Å². The fourth-order valence-corrected chi connectivity index (χ4v) is 1.59. The maximum absolute atomic E-state index is 11.9. The van der Waals surface area contributed by atoms with Crippen LogP contribution in [-0.4, -0.2) is 24.5 Å². The molecule has 7 nitrogen and oxygen atoms in total. The van der Waals surface area contributed by atoms with Crippen LogP contribution in [0.1, 0.15) is 13.3 Å². The lowest BCUT2D eigenvalue weighted by atomic mass is 10.1. The number of nitrogens with one attached hydrogen (secondary N) is 1. The van der Waals surface area contributed by atoms with Crippen LogP contribution in [0.3, 0.4) is 0 Å². The molecule has 104 valence electrons. The molecule has 19 heavy (non-hydrogen) atoms. The minimum Gasteiger partial charge on any atom is -0.496 e. The van der Waals surface area contributed by atoms with Gasteiger partial charge in [0, 0.05) is 6.54 Å². The Morgan fingerprint density at radius 2 is 2.26 bits per heavy atom. The van der Waals surface area contributed by atoms with Crippen molar-refractivity contribution in [2.75, 3.05) is 19.0 Å². The molecule has 1 amide bonds. The van der Waals surface area contributed by atoms with Crippen LogP contribution < -0.4 is 15.8 Å². The second-order valence-electron chi connectivity index (χ2n) is 3.97. The van der Waals surface area contributed by atoms with E-state index < -0.39 is 4.92 Å². The van der Waals surface area contributed by atoms with Crippen LogP contribution in [0.4, 0.5) is 11.4 Å². The highest BCUT2D eigenvalue weighted by molar-refractivity contribution is 5.94. The first-order valence-corrected chi connectivity index (χ1v) is 5.86. The van der Waals surface area contributed by atoms with E-state index in [0.29, 0.717) is 12.2 Å². The van der Waals surface area contributed by atoms with E-state index in [1.165, 1.54) is 19.2 Å². The van der Waals surface area contributed by atoms with E-state index in [1.54, 1.807) is 6.07 Å². The average molecular weight is 267 g/mol. The van der Waals surface area contributed by atoms with Gasteiger partial charge in [0.15, 0.2) is 0 Å². The van der Waals surface area contributed by atoms with Crippen molar-refractivity contribution in [1.29, 1.82) is 0 Å². The van der Waals surface area contributed by atoms with Gasteiger partial charge in [0.05, 0.1) is 24.0 Å². The van der Waals surface area contributed by atoms with Crippen LogP contribution in [0, 0.1) is 16.0 Å². The minimum atomic E-state index is -0.568. The Morgan fingerprint density at radius 3 is 2.74 bits per heavy atom. The van der Waals surface area contributed by atoms with Crippen LogP contribution in [0.15, 0.2) is 18.2 Å². The van der Waals surface area contributed by atoms with Gasteiger partial charge in [-0.05, 0) is 18.6 Å². The zero-order valence-corrected chi connectivity index (χ0v) is 10.9. The molecule has 1 aromatic rings. The maximum Gasteiger partial charge on any atom is 0.296 e. The van der Waals surface area contributed by atoms with Gasteiger partial charge in [-0.15, -0.1) is 0 Å². The molecule has 0 spiro atoms. The lowest BCUT2D eigenvalue weighted by molar-refractivity contribution is -0.384. The normalized spacial score (nSPS) is 11.7. The Labute approximate surface area is 110 Å². The van der Waals surface area contributed by atoms with Gasteiger partial charge in [0.2, 0.25) is 5.91 Å². The number of nitrogens with two attached hydrogens (primary N) is 1. The average Bonchev–Trinajstić information content (AvgIpc) is 2.40. The van der Waals surface area contributed by atoms with Gasteiger partial charge in [-0.3, -0.25) is 14.9 Å².